The molecule has 3 nitrogen and oxygen atoms in total. The molecule has 20 heavy (non-hydrogen) atoms. The van der Waals surface area contributed by atoms with E-state index < -0.39 is 24.1 Å². The molecule has 0 saturated carbocycles. The summed E-state index contributed by atoms with van der Waals surface area (Å²) < 4.78 is 25.7. The lowest BCUT2D eigenvalue weighted by atomic mass is 9.78. The van der Waals surface area contributed by atoms with Gasteiger partial charge in [-0.2, -0.15) is 0 Å². The highest BCUT2D eigenvalue weighted by Gasteiger charge is 2.51. The third-order valence-corrected chi connectivity index (χ3v) is 4.04. The van der Waals surface area contributed by atoms with Gasteiger partial charge in [-0.05, 0) is 51.7 Å². The zero-order valence-corrected chi connectivity index (χ0v) is 12.6. The molecule has 0 amide bonds. The second-order valence-corrected chi connectivity index (χ2v) is 6.32. The van der Waals surface area contributed by atoms with Crippen molar-refractivity contribution in [3.05, 3.63) is 29.6 Å². The van der Waals surface area contributed by atoms with Crippen LogP contribution in [0.3, 0.4) is 0 Å². The van der Waals surface area contributed by atoms with Crippen molar-refractivity contribution in [2.45, 2.75) is 52.2 Å². The summed E-state index contributed by atoms with van der Waals surface area (Å²) in [5, 5.41) is 0. The molecule has 1 aliphatic heterocycles. The van der Waals surface area contributed by atoms with Crippen LogP contribution in [0.25, 0.3) is 0 Å². The van der Waals surface area contributed by atoms with Crippen LogP contribution in [-0.4, -0.2) is 24.1 Å². The molecule has 1 aromatic rings. The summed E-state index contributed by atoms with van der Waals surface area (Å²) in [7, 11) is -0.583. The van der Waals surface area contributed by atoms with E-state index in [1.54, 1.807) is 12.1 Å². The fraction of sp³-hybridized carbons (Fsp3) is 0.533. The predicted octanol–water partition coefficient (Wildman–Crippen LogP) is 2.26. The molecule has 1 aromatic carbocycles. The predicted molar refractivity (Wildman–Crippen MR) is 76.5 cm³/mol. The highest BCUT2D eigenvalue weighted by molar-refractivity contribution is 6.62. The minimum absolute atomic E-state index is 0.0627. The van der Waals surface area contributed by atoms with Crippen molar-refractivity contribution in [1.29, 1.82) is 0 Å². The SMILES string of the molecule is CC(=O)Cc1ccc(B2OC(C)(C)C(C)(C)O2)cc1F. The molecule has 1 saturated heterocycles. The van der Waals surface area contributed by atoms with Crippen LogP contribution in [0.1, 0.15) is 40.2 Å². The second-order valence-electron chi connectivity index (χ2n) is 6.32. The molecule has 0 spiro atoms. The number of benzene rings is 1. The van der Waals surface area contributed by atoms with Gasteiger partial charge in [0.15, 0.2) is 0 Å². The van der Waals surface area contributed by atoms with E-state index in [9.17, 15) is 9.18 Å². The van der Waals surface area contributed by atoms with Gasteiger partial charge in [0, 0.05) is 6.42 Å². The molecule has 0 bridgehead atoms. The first-order valence-electron chi connectivity index (χ1n) is 6.76. The smallest absolute Gasteiger partial charge is 0.399 e. The number of rotatable bonds is 3. The molecule has 2 rings (SSSR count). The maximum atomic E-state index is 14.0. The van der Waals surface area contributed by atoms with Gasteiger partial charge in [0.2, 0.25) is 0 Å². The van der Waals surface area contributed by atoms with Crippen LogP contribution in [0, 0.1) is 5.82 Å². The van der Waals surface area contributed by atoms with E-state index >= 15 is 0 Å². The fourth-order valence-corrected chi connectivity index (χ4v) is 2.10. The molecule has 5 heteroatoms. The maximum absolute atomic E-state index is 14.0. The van der Waals surface area contributed by atoms with Gasteiger partial charge in [-0.15, -0.1) is 0 Å². The number of carbonyl (C=O) groups is 1. The average Bonchev–Trinajstić information content (AvgIpc) is 2.50. The topological polar surface area (TPSA) is 35.5 Å². The minimum Gasteiger partial charge on any atom is -0.399 e. The van der Waals surface area contributed by atoms with E-state index in [2.05, 4.69) is 0 Å². The van der Waals surface area contributed by atoms with Gasteiger partial charge in [-0.1, -0.05) is 12.1 Å². The van der Waals surface area contributed by atoms with E-state index in [-0.39, 0.29) is 12.2 Å². The highest BCUT2D eigenvalue weighted by atomic mass is 19.1. The lowest BCUT2D eigenvalue weighted by Gasteiger charge is -2.32. The lowest BCUT2D eigenvalue weighted by molar-refractivity contribution is -0.116. The fourth-order valence-electron chi connectivity index (χ4n) is 2.10. The Labute approximate surface area is 119 Å². The van der Waals surface area contributed by atoms with Crippen LogP contribution in [0.5, 0.6) is 0 Å². The van der Waals surface area contributed by atoms with E-state index in [4.69, 9.17) is 9.31 Å². The van der Waals surface area contributed by atoms with Gasteiger partial charge in [0.05, 0.1) is 11.2 Å². The van der Waals surface area contributed by atoms with Crippen molar-refractivity contribution in [3.8, 4) is 0 Å². The number of ketones is 1. The summed E-state index contributed by atoms with van der Waals surface area (Å²) >= 11 is 0. The third kappa shape index (κ3) is 2.79. The van der Waals surface area contributed by atoms with Crippen LogP contribution < -0.4 is 5.46 Å². The van der Waals surface area contributed by atoms with E-state index in [0.29, 0.717) is 11.0 Å². The van der Waals surface area contributed by atoms with Crippen LogP contribution >= 0.6 is 0 Å². The van der Waals surface area contributed by atoms with Gasteiger partial charge < -0.3 is 9.31 Å². The van der Waals surface area contributed by atoms with Crippen LogP contribution in [0.4, 0.5) is 4.39 Å². The van der Waals surface area contributed by atoms with Gasteiger partial charge in [-0.3, -0.25) is 4.79 Å². The van der Waals surface area contributed by atoms with Crippen molar-refractivity contribution < 1.29 is 18.5 Å². The number of hydrogen-bond acceptors (Lipinski definition) is 3. The van der Waals surface area contributed by atoms with Crippen molar-refractivity contribution in [3.63, 3.8) is 0 Å². The van der Waals surface area contributed by atoms with Crippen molar-refractivity contribution >= 4 is 18.4 Å². The molecule has 0 atom stereocenters. The Balaban J connectivity index is 2.24. The van der Waals surface area contributed by atoms with Crippen molar-refractivity contribution in [2.75, 3.05) is 0 Å². The van der Waals surface area contributed by atoms with Gasteiger partial charge in [0.1, 0.15) is 11.6 Å². The highest BCUT2D eigenvalue weighted by Crippen LogP contribution is 2.36. The first-order valence-corrected chi connectivity index (χ1v) is 6.76. The van der Waals surface area contributed by atoms with Crippen molar-refractivity contribution in [2.24, 2.45) is 0 Å². The normalized spacial score (nSPS) is 20.2. The van der Waals surface area contributed by atoms with Crippen molar-refractivity contribution in [1.82, 2.24) is 0 Å². The number of Topliss-reactive ketones (excluding diaryl/α,β-unsaturated/α-hetero) is 1. The monoisotopic (exact) mass is 278 g/mol. The zero-order valence-electron chi connectivity index (χ0n) is 12.6. The van der Waals surface area contributed by atoms with Crippen LogP contribution in [0.15, 0.2) is 18.2 Å². The molecule has 1 heterocycles. The summed E-state index contributed by atoms with van der Waals surface area (Å²) in [6, 6.07) is 4.76. The molecular weight excluding hydrogens is 258 g/mol. The van der Waals surface area contributed by atoms with E-state index in [1.807, 2.05) is 27.7 Å². The zero-order chi connectivity index (χ0) is 15.1. The average molecular weight is 278 g/mol. The molecule has 0 unspecified atom stereocenters. The molecular formula is C15H20BFO3. The Hall–Kier alpha value is -1.20. The number of carbonyl (C=O) groups excluding carboxylic acids is 1. The Morgan fingerprint density at radius 2 is 1.75 bits per heavy atom. The molecule has 1 aliphatic rings. The first-order chi connectivity index (χ1) is 9.12. The third-order valence-electron chi connectivity index (χ3n) is 4.04. The van der Waals surface area contributed by atoms with Gasteiger partial charge in [-0.25, -0.2) is 4.39 Å². The number of hydrogen-bond donors (Lipinski definition) is 0. The Kier molecular flexibility index (Phi) is 3.78. The van der Waals surface area contributed by atoms with Crippen LogP contribution in [0.2, 0.25) is 0 Å². The summed E-state index contributed by atoms with van der Waals surface area (Å²) in [4.78, 5) is 11.1. The maximum Gasteiger partial charge on any atom is 0.494 e. The Bertz CT molecular complexity index is 524. The van der Waals surface area contributed by atoms with Crippen LogP contribution in [-0.2, 0) is 20.5 Å². The first kappa shape index (κ1) is 15.2. The molecule has 0 aromatic heterocycles. The summed E-state index contributed by atoms with van der Waals surface area (Å²) in [6.07, 6.45) is 0.107. The number of halogens is 1. The molecule has 0 N–H and O–H groups in total. The second kappa shape index (κ2) is 4.97. The largest absolute Gasteiger partial charge is 0.494 e. The van der Waals surface area contributed by atoms with E-state index in [1.165, 1.54) is 13.0 Å². The lowest BCUT2D eigenvalue weighted by Crippen LogP contribution is -2.41. The summed E-state index contributed by atoms with van der Waals surface area (Å²) in [6.45, 7) is 9.25. The standard InChI is InChI=1S/C15H20BFO3/c1-10(18)8-11-6-7-12(9-13(11)17)16-19-14(2,3)15(4,5)20-16/h6-7,9H,8H2,1-5H3. The summed E-state index contributed by atoms with van der Waals surface area (Å²) in [5.41, 5.74) is 0.129. The summed E-state index contributed by atoms with van der Waals surface area (Å²) in [5.74, 6) is -0.459. The van der Waals surface area contributed by atoms with E-state index in [0.717, 1.165) is 0 Å². The van der Waals surface area contributed by atoms with Gasteiger partial charge >= 0.3 is 7.12 Å². The quantitative estimate of drug-likeness (QED) is 0.795. The Morgan fingerprint density at radius 1 is 1.20 bits per heavy atom. The molecule has 0 aliphatic carbocycles. The Morgan fingerprint density at radius 3 is 2.20 bits per heavy atom. The molecule has 1 fully saturated rings. The minimum atomic E-state index is -0.583. The van der Waals surface area contributed by atoms with Gasteiger partial charge in [0.25, 0.3) is 0 Å². The molecule has 108 valence electrons. The molecule has 0 radical (unpaired) electrons.